The highest BCUT2D eigenvalue weighted by atomic mass is 16.7. The van der Waals surface area contributed by atoms with Gasteiger partial charge in [-0.2, -0.15) is 0 Å². The summed E-state index contributed by atoms with van der Waals surface area (Å²) in [7, 11) is 5.21. The third kappa shape index (κ3) is 13.0. The first kappa shape index (κ1) is 58.4. The Kier molecular flexibility index (Phi) is 19.5. The number of methoxy groups -OCH3 is 2. The lowest BCUT2D eigenvalue weighted by molar-refractivity contribution is -0.384. The van der Waals surface area contributed by atoms with Crippen molar-refractivity contribution in [3.8, 4) is 12.3 Å². The first-order chi connectivity index (χ1) is 34.4. The fraction of sp³-hybridized carbons (Fsp3) is 0.764. The van der Waals surface area contributed by atoms with Crippen molar-refractivity contribution in [3.05, 3.63) is 64.0 Å². The Morgan fingerprint density at radius 1 is 1.03 bits per heavy atom. The number of rotatable bonds is 14. The van der Waals surface area contributed by atoms with E-state index in [1.807, 2.05) is 50.7 Å². The first-order valence-corrected chi connectivity index (χ1v) is 26.5. The largest absolute Gasteiger partial charge is 0.459 e. The van der Waals surface area contributed by atoms with Gasteiger partial charge in [-0.05, 0) is 90.8 Å². The van der Waals surface area contributed by atoms with Crippen molar-refractivity contribution in [2.45, 2.75) is 198 Å². The van der Waals surface area contributed by atoms with Crippen LogP contribution in [0.5, 0.6) is 0 Å². The van der Waals surface area contributed by atoms with Gasteiger partial charge in [-0.1, -0.05) is 70.0 Å². The molecular formula is C55H86N6O12. The Labute approximate surface area is 433 Å². The van der Waals surface area contributed by atoms with Gasteiger partial charge < -0.3 is 48.6 Å². The van der Waals surface area contributed by atoms with Gasteiger partial charge in [-0.3, -0.25) is 19.8 Å². The van der Waals surface area contributed by atoms with E-state index in [1.165, 1.54) is 6.92 Å². The maximum Gasteiger partial charge on any atom is 0.309 e. The molecule has 3 N–H and O–H groups in total. The molecule has 0 radical (unpaired) electrons. The number of hydrogen-bond acceptors (Lipinski definition) is 16. The third-order valence-electron chi connectivity index (χ3n) is 17.3. The van der Waals surface area contributed by atoms with Gasteiger partial charge >= 0.3 is 5.97 Å². The van der Waals surface area contributed by atoms with E-state index >= 15 is 0 Å². The number of carbonyl (C=O) groups excluding carboxylic acids is 1. The highest BCUT2D eigenvalue weighted by Gasteiger charge is 2.56. The summed E-state index contributed by atoms with van der Waals surface area (Å²) < 4.78 is 41.3. The maximum absolute atomic E-state index is 14.7. The van der Waals surface area contributed by atoms with Crippen LogP contribution in [0, 0.1) is 52.0 Å². The molecule has 1 aromatic carbocycles. The van der Waals surface area contributed by atoms with E-state index in [9.17, 15) is 30.2 Å². The van der Waals surface area contributed by atoms with E-state index in [0.29, 0.717) is 31.5 Å². The smallest absolute Gasteiger partial charge is 0.309 e. The quantitative estimate of drug-likeness (QED) is 0.0624. The van der Waals surface area contributed by atoms with Gasteiger partial charge in [0, 0.05) is 89.3 Å². The lowest BCUT2D eigenvalue weighted by Gasteiger charge is -2.51. The molecule has 0 bridgehead atoms. The standard InChI is InChI=1S/C55H86N6O12/c1-15-46-54(11,65)49(62)36(6)35(5)33(3)28-55(16-2,69-14)51(37(7)48(38(8)52(64)72-46)45-29-53(10,68-13)50(63)39(9)71-45)73-47-27-44(26-34(4)70-47)58(12)25-23-41-31-60(57-56-41)43-18-17-24-59(32-43)30-40-19-21-42(22-20-40)61(66)67/h2,19-22,31,33-34,36-39,43-51,62-63,65H,5,15,17-18,23-30,32H2,1,3-4,6-14H3/t33-,34-,36+,37+,38-,39+,43-,44+,45?,46-,47+,48+,49-,50+,51-,53-,54-,55-/m1/s1. The number of aliphatic hydroxyl groups excluding tert-OH is 2. The number of esters is 1. The number of likely N-dealkylation sites (tertiary alicyclic amines) is 1. The van der Waals surface area contributed by atoms with Gasteiger partial charge in [0.2, 0.25) is 0 Å². The molecule has 18 nitrogen and oxygen atoms in total. The van der Waals surface area contributed by atoms with Gasteiger partial charge in [-0.15, -0.1) is 11.5 Å². The van der Waals surface area contributed by atoms with Gasteiger partial charge in [0.05, 0.1) is 52.6 Å². The number of nitrogens with zero attached hydrogens (tertiary/aromatic N) is 6. The molecule has 408 valence electrons. The van der Waals surface area contributed by atoms with E-state index in [0.717, 1.165) is 43.6 Å². The van der Waals surface area contributed by atoms with Crippen molar-refractivity contribution in [2.75, 3.05) is 40.9 Å². The van der Waals surface area contributed by atoms with E-state index < -0.39 is 89.4 Å². The number of hydrogen-bond donors (Lipinski definition) is 3. The average Bonchev–Trinajstić information content (AvgIpc) is 3.85. The molecule has 0 aliphatic carbocycles. The predicted octanol–water partition coefficient (Wildman–Crippen LogP) is 6.29. The minimum Gasteiger partial charge on any atom is -0.459 e. The summed E-state index contributed by atoms with van der Waals surface area (Å²) >= 11 is 0. The van der Waals surface area contributed by atoms with Crippen LogP contribution in [-0.2, 0) is 46.2 Å². The number of cyclic esters (lactones) is 1. The number of carbonyl (C=O) groups is 1. The first-order valence-electron chi connectivity index (χ1n) is 26.5. The van der Waals surface area contributed by atoms with Crippen LogP contribution in [0.15, 0.2) is 42.6 Å². The van der Waals surface area contributed by atoms with Gasteiger partial charge in [-0.25, -0.2) is 4.68 Å². The number of nitro groups is 1. The zero-order valence-electron chi connectivity index (χ0n) is 45.5. The van der Waals surface area contributed by atoms with Crippen molar-refractivity contribution < 1.29 is 53.5 Å². The van der Waals surface area contributed by atoms with Gasteiger partial charge in [0.15, 0.2) is 11.9 Å². The molecule has 1 aromatic heterocycles. The van der Waals surface area contributed by atoms with Crippen molar-refractivity contribution >= 4 is 11.7 Å². The molecule has 1 unspecified atom stereocenters. The second kappa shape index (κ2) is 24.4. The minimum atomic E-state index is -1.83. The Hall–Kier alpha value is -3.87. The molecule has 0 saturated carbocycles. The normalized spacial score (nSPS) is 39.6. The average molecular weight is 1020 g/mol. The number of aromatic nitrogens is 3. The molecule has 4 saturated heterocycles. The summed E-state index contributed by atoms with van der Waals surface area (Å²) in [5.74, 6) is -0.688. The van der Waals surface area contributed by atoms with Crippen LogP contribution < -0.4 is 0 Å². The maximum atomic E-state index is 14.7. The molecule has 0 amide bonds. The second-order valence-corrected chi connectivity index (χ2v) is 22.4. The SMILES string of the molecule is C#C[C@@]1(OC)C[C@@H](C)C(=C)[C@H](C)[C@@H](O)[C@](C)(O)[C@@H](CC)OC(=O)[C@H](C)[C@@H](C2C[C@@](C)(OC)[C@@H](O)[C@H](C)O2)[C@H](C)[C@H]1O[C@H]1C[C@@H](N(C)CCc2cn([C@@H]3CCCN(Cc4ccc([N+](=O)[O-])cc4)C3)nn2)C[C@@H](C)O1. The zero-order valence-corrected chi connectivity index (χ0v) is 45.5. The topological polar surface area (TPSA) is 213 Å². The molecule has 5 heterocycles. The Bertz CT molecular complexity index is 2200. The summed E-state index contributed by atoms with van der Waals surface area (Å²) in [5.41, 5.74) is -1.66. The number of ether oxygens (including phenoxy) is 6. The molecule has 18 heteroatoms. The fourth-order valence-electron chi connectivity index (χ4n) is 12.4. The zero-order chi connectivity index (χ0) is 53.7. The summed E-state index contributed by atoms with van der Waals surface area (Å²) in [5, 5.41) is 55.5. The summed E-state index contributed by atoms with van der Waals surface area (Å²) in [6.45, 7) is 24.1. The van der Waals surface area contributed by atoms with E-state index in [4.69, 9.17) is 34.8 Å². The lowest BCUT2D eigenvalue weighted by Crippen LogP contribution is -2.61. The number of non-ortho nitro benzene ring substituents is 1. The number of benzene rings is 1. The van der Waals surface area contributed by atoms with Crippen LogP contribution in [-0.4, -0.2) is 164 Å². The van der Waals surface area contributed by atoms with E-state index in [-0.39, 0.29) is 54.0 Å². The van der Waals surface area contributed by atoms with Crippen molar-refractivity contribution in [2.24, 2.45) is 29.6 Å². The van der Waals surface area contributed by atoms with Crippen LogP contribution in [0.1, 0.15) is 125 Å². The molecule has 2 aromatic rings. The minimum absolute atomic E-state index is 0.0441. The molecule has 6 rings (SSSR count). The number of aliphatic hydroxyl groups is 3. The predicted molar refractivity (Wildman–Crippen MR) is 275 cm³/mol. The summed E-state index contributed by atoms with van der Waals surface area (Å²) in [6.07, 6.45) is 6.73. The molecule has 73 heavy (non-hydrogen) atoms. The van der Waals surface area contributed by atoms with Crippen LogP contribution >= 0.6 is 0 Å². The highest BCUT2D eigenvalue weighted by molar-refractivity contribution is 5.73. The van der Waals surface area contributed by atoms with Crippen molar-refractivity contribution in [1.82, 2.24) is 24.8 Å². The van der Waals surface area contributed by atoms with E-state index in [1.54, 1.807) is 54.0 Å². The highest BCUT2D eigenvalue weighted by Crippen LogP contribution is 2.47. The van der Waals surface area contributed by atoms with Gasteiger partial charge in [0.1, 0.15) is 23.9 Å². The third-order valence-corrected chi connectivity index (χ3v) is 17.3. The monoisotopic (exact) mass is 1020 g/mol. The van der Waals surface area contributed by atoms with Crippen LogP contribution in [0.4, 0.5) is 5.69 Å². The number of piperidine rings is 1. The van der Waals surface area contributed by atoms with Gasteiger partial charge in [0.25, 0.3) is 5.69 Å². The van der Waals surface area contributed by atoms with Crippen molar-refractivity contribution in [1.29, 1.82) is 0 Å². The molecule has 18 atom stereocenters. The molecule has 0 spiro atoms. The second-order valence-electron chi connectivity index (χ2n) is 22.4. The number of likely N-dealkylation sites (N-methyl/N-ethyl adjacent to an activating group) is 1. The van der Waals surface area contributed by atoms with Crippen LogP contribution in [0.3, 0.4) is 0 Å². The summed E-state index contributed by atoms with van der Waals surface area (Å²) in [6, 6.07) is 6.96. The Morgan fingerprint density at radius 2 is 1.73 bits per heavy atom. The lowest BCUT2D eigenvalue weighted by atomic mass is 9.67. The number of terminal acetylenes is 1. The Balaban J connectivity index is 1.25. The summed E-state index contributed by atoms with van der Waals surface area (Å²) in [4.78, 5) is 30.1. The molecule has 4 aliphatic rings. The Morgan fingerprint density at radius 3 is 2.36 bits per heavy atom. The molecule has 4 aliphatic heterocycles. The van der Waals surface area contributed by atoms with E-state index in [2.05, 4.69) is 39.7 Å². The van der Waals surface area contributed by atoms with Crippen LogP contribution in [0.25, 0.3) is 0 Å². The van der Waals surface area contributed by atoms with Crippen LogP contribution in [0.2, 0.25) is 0 Å². The van der Waals surface area contributed by atoms with Crippen molar-refractivity contribution in [3.63, 3.8) is 0 Å². The molecule has 4 fully saturated rings. The number of nitro benzene ring substituents is 1. The fourth-order valence-corrected chi connectivity index (χ4v) is 12.4. The molecular weight excluding hydrogens is 937 g/mol.